The van der Waals surface area contributed by atoms with Gasteiger partial charge in [-0.05, 0) is 38.1 Å². The van der Waals surface area contributed by atoms with Gasteiger partial charge >= 0.3 is 0 Å². The van der Waals surface area contributed by atoms with E-state index in [1.165, 1.54) is 10.6 Å². The Morgan fingerprint density at radius 3 is 2.34 bits per heavy atom. The molecule has 2 aromatic heterocycles. The lowest BCUT2D eigenvalue weighted by Crippen LogP contribution is -2.47. The van der Waals surface area contributed by atoms with E-state index in [2.05, 4.69) is 49.1 Å². The minimum Gasteiger partial charge on any atom is -0.497 e. The quantitative estimate of drug-likeness (QED) is 0.661. The number of hydrogen-bond donors (Lipinski definition) is 2. The summed E-state index contributed by atoms with van der Waals surface area (Å²) in [6.45, 7) is 7.50. The zero-order chi connectivity index (χ0) is 20.4. The molecule has 1 fully saturated rings. The smallest absolute Gasteiger partial charge is 0.188 e. The summed E-state index contributed by atoms with van der Waals surface area (Å²) < 4.78 is 5.24. The van der Waals surface area contributed by atoms with Gasteiger partial charge in [-0.1, -0.05) is 0 Å². The predicted octanol–water partition coefficient (Wildman–Crippen LogP) is 3.21. The van der Waals surface area contributed by atoms with Crippen molar-refractivity contribution in [2.45, 2.75) is 13.8 Å². The third kappa shape index (κ3) is 4.04. The Morgan fingerprint density at radius 1 is 1.03 bits per heavy atom. The minimum absolute atomic E-state index is 0.552. The zero-order valence-electron chi connectivity index (χ0n) is 16.8. The molecule has 0 atom stereocenters. The van der Waals surface area contributed by atoms with Crippen LogP contribution < -0.4 is 25.6 Å². The van der Waals surface area contributed by atoms with Crippen molar-refractivity contribution in [2.75, 3.05) is 54.1 Å². The number of aryl methyl sites for hydroxylation is 2. The summed E-state index contributed by atoms with van der Waals surface area (Å²) in [6, 6.07) is 8.16. The van der Waals surface area contributed by atoms with Crippen LogP contribution in [-0.2, 0) is 0 Å². The highest BCUT2D eigenvalue weighted by Crippen LogP contribution is 2.31. The summed E-state index contributed by atoms with van der Waals surface area (Å²) in [5, 5.41) is 4.03. The Hall–Kier alpha value is -3.07. The molecular formula is C20H25N7OS. The molecule has 3 heterocycles. The molecule has 1 saturated heterocycles. The van der Waals surface area contributed by atoms with Crippen molar-refractivity contribution in [3.05, 3.63) is 41.2 Å². The molecule has 0 saturated carbocycles. The lowest BCUT2D eigenvalue weighted by Gasteiger charge is -2.37. The molecule has 3 N–H and O–H groups in total. The first-order valence-electron chi connectivity index (χ1n) is 9.50. The Bertz CT molecular complexity index is 961. The number of nitrogen functional groups attached to an aromatic ring is 1. The molecule has 3 aromatic rings. The SMILES string of the molecule is COc1ccc(N2CCN(c3ncnc(Nc4nc(C)c(C)s4)c3N)CC2)cc1. The first kappa shape index (κ1) is 19.3. The molecule has 0 aliphatic carbocycles. The molecule has 0 spiro atoms. The number of aromatic nitrogens is 3. The summed E-state index contributed by atoms with van der Waals surface area (Å²) in [4.78, 5) is 19.0. The average Bonchev–Trinajstić information content (AvgIpc) is 3.07. The number of rotatable bonds is 5. The molecule has 152 valence electrons. The molecule has 0 radical (unpaired) electrons. The van der Waals surface area contributed by atoms with Crippen molar-refractivity contribution in [1.29, 1.82) is 0 Å². The van der Waals surface area contributed by atoms with E-state index >= 15 is 0 Å². The lowest BCUT2D eigenvalue weighted by atomic mass is 10.2. The maximum atomic E-state index is 6.40. The number of nitrogens with one attached hydrogen (secondary N) is 1. The predicted molar refractivity (Wildman–Crippen MR) is 119 cm³/mol. The van der Waals surface area contributed by atoms with Gasteiger partial charge in [-0.2, -0.15) is 0 Å². The number of anilines is 5. The van der Waals surface area contributed by atoms with Crippen LogP contribution in [0.3, 0.4) is 0 Å². The summed E-state index contributed by atoms with van der Waals surface area (Å²) in [5.74, 6) is 2.23. The van der Waals surface area contributed by atoms with Gasteiger partial charge in [0.1, 0.15) is 17.8 Å². The van der Waals surface area contributed by atoms with Gasteiger partial charge in [-0.25, -0.2) is 15.0 Å². The van der Waals surface area contributed by atoms with E-state index in [9.17, 15) is 0 Å². The van der Waals surface area contributed by atoms with Gasteiger partial charge in [0.25, 0.3) is 0 Å². The second-order valence-corrected chi connectivity index (χ2v) is 8.12. The van der Waals surface area contributed by atoms with Gasteiger partial charge in [0.05, 0.1) is 12.8 Å². The Labute approximate surface area is 174 Å². The topological polar surface area (TPSA) is 92.4 Å². The second kappa shape index (κ2) is 8.12. The number of methoxy groups -OCH3 is 1. The maximum Gasteiger partial charge on any atom is 0.188 e. The van der Waals surface area contributed by atoms with Crippen molar-refractivity contribution >= 4 is 39.5 Å². The lowest BCUT2D eigenvalue weighted by molar-refractivity contribution is 0.415. The van der Waals surface area contributed by atoms with Crippen LogP contribution in [-0.4, -0.2) is 48.2 Å². The normalized spacial score (nSPS) is 14.2. The van der Waals surface area contributed by atoms with Crippen LogP contribution in [0.15, 0.2) is 30.6 Å². The van der Waals surface area contributed by atoms with Crippen molar-refractivity contribution < 1.29 is 4.74 Å². The molecule has 4 rings (SSSR count). The van der Waals surface area contributed by atoms with Gasteiger partial charge in [-0.3, -0.25) is 0 Å². The highest BCUT2D eigenvalue weighted by atomic mass is 32.1. The minimum atomic E-state index is 0.552. The fraction of sp³-hybridized carbons (Fsp3) is 0.350. The molecule has 9 heteroatoms. The first-order valence-corrected chi connectivity index (χ1v) is 10.3. The Morgan fingerprint density at radius 2 is 1.72 bits per heavy atom. The maximum absolute atomic E-state index is 6.40. The first-order chi connectivity index (χ1) is 14.0. The van der Waals surface area contributed by atoms with Crippen LogP contribution in [0, 0.1) is 13.8 Å². The van der Waals surface area contributed by atoms with Crippen LogP contribution in [0.1, 0.15) is 10.6 Å². The Balaban J connectivity index is 1.45. The molecule has 0 unspecified atom stereocenters. The van der Waals surface area contributed by atoms with E-state index in [0.29, 0.717) is 11.5 Å². The van der Waals surface area contributed by atoms with Gasteiger partial charge in [0, 0.05) is 36.7 Å². The van der Waals surface area contributed by atoms with E-state index in [1.54, 1.807) is 24.8 Å². The van der Waals surface area contributed by atoms with Crippen LogP contribution >= 0.6 is 11.3 Å². The summed E-state index contributed by atoms with van der Waals surface area (Å²) >= 11 is 1.59. The van der Waals surface area contributed by atoms with Gasteiger partial charge in [-0.15, -0.1) is 11.3 Å². The summed E-state index contributed by atoms with van der Waals surface area (Å²) in [5.41, 5.74) is 9.16. The molecule has 1 aromatic carbocycles. The van der Waals surface area contributed by atoms with Gasteiger partial charge in [0.2, 0.25) is 0 Å². The molecule has 1 aliphatic rings. The number of ether oxygens (including phenoxy) is 1. The van der Waals surface area contributed by atoms with E-state index < -0.39 is 0 Å². The fourth-order valence-corrected chi connectivity index (χ4v) is 4.15. The summed E-state index contributed by atoms with van der Waals surface area (Å²) in [7, 11) is 1.68. The molecule has 1 aliphatic heterocycles. The second-order valence-electron chi connectivity index (χ2n) is 6.92. The van der Waals surface area contributed by atoms with Crippen LogP contribution in [0.4, 0.5) is 28.1 Å². The van der Waals surface area contributed by atoms with E-state index in [1.807, 2.05) is 19.1 Å². The molecule has 0 bridgehead atoms. The number of benzene rings is 1. The number of nitrogens with zero attached hydrogens (tertiary/aromatic N) is 5. The van der Waals surface area contributed by atoms with Gasteiger partial charge in [0.15, 0.2) is 16.8 Å². The summed E-state index contributed by atoms with van der Waals surface area (Å²) in [6.07, 6.45) is 1.55. The number of nitrogens with two attached hydrogens (primary N) is 1. The average molecular weight is 412 g/mol. The third-order valence-corrected chi connectivity index (χ3v) is 6.12. The molecular weight excluding hydrogens is 386 g/mol. The van der Waals surface area contributed by atoms with Crippen molar-refractivity contribution in [1.82, 2.24) is 15.0 Å². The van der Waals surface area contributed by atoms with Crippen molar-refractivity contribution in [3.8, 4) is 5.75 Å². The van der Waals surface area contributed by atoms with Crippen LogP contribution in [0.5, 0.6) is 5.75 Å². The van der Waals surface area contributed by atoms with Gasteiger partial charge < -0.3 is 25.6 Å². The third-order valence-electron chi connectivity index (χ3n) is 5.13. The standard InChI is InChI=1S/C20H25N7OS/c1-13-14(2)29-20(24-13)25-18-17(21)19(23-12-22-18)27-10-8-26(9-11-27)15-4-6-16(28-3)7-5-15/h4-7,12H,8-11,21H2,1-3H3,(H,22,23,24,25). The van der Waals surface area contributed by atoms with Crippen LogP contribution in [0.2, 0.25) is 0 Å². The number of piperazine rings is 1. The number of thiazole rings is 1. The van der Waals surface area contributed by atoms with E-state index in [4.69, 9.17) is 10.5 Å². The zero-order valence-corrected chi connectivity index (χ0v) is 17.7. The Kier molecular flexibility index (Phi) is 5.39. The highest BCUT2D eigenvalue weighted by Gasteiger charge is 2.22. The molecule has 8 nitrogen and oxygen atoms in total. The largest absolute Gasteiger partial charge is 0.497 e. The van der Waals surface area contributed by atoms with Crippen molar-refractivity contribution in [3.63, 3.8) is 0 Å². The van der Waals surface area contributed by atoms with E-state index in [0.717, 1.165) is 48.6 Å². The number of hydrogen-bond acceptors (Lipinski definition) is 9. The monoisotopic (exact) mass is 411 g/mol. The van der Waals surface area contributed by atoms with Crippen molar-refractivity contribution in [2.24, 2.45) is 0 Å². The van der Waals surface area contributed by atoms with Crippen LogP contribution in [0.25, 0.3) is 0 Å². The van der Waals surface area contributed by atoms with E-state index in [-0.39, 0.29) is 0 Å². The molecule has 29 heavy (non-hydrogen) atoms. The molecule has 0 amide bonds. The fourth-order valence-electron chi connectivity index (χ4n) is 3.33. The highest BCUT2D eigenvalue weighted by molar-refractivity contribution is 7.15.